The number of hydrogen-bond donors (Lipinski definition) is 2. The van der Waals surface area contributed by atoms with Crippen molar-refractivity contribution in [2.24, 2.45) is 23.7 Å². The lowest BCUT2D eigenvalue weighted by Gasteiger charge is -2.49. The number of benzene rings is 3. The van der Waals surface area contributed by atoms with Gasteiger partial charge in [0.05, 0.1) is 35.0 Å². The second-order valence-electron chi connectivity index (χ2n) is 13.4. The summed E-state index contributed by atoms with van der Waals surface area (Å²) >= 11 is 0. The van der Waals surface area contributed by atoms with Crippen molar-refractivity contribution in [3.05, 3.63) is 137 Å². The van der Waals surface area contributed by atoms with Crippen molar-refractivity contribution in [1.29, 1.82) is 0 Å². The molecule has 2 aliphatic heterocycles. The SMILES string of the molecule is C=Cc1ccc(N2C(=O)C3CC=C4C(CC5C(=O)N(Nc6ccc(C)cc6)C(=O)C5(c5ccccc5)C4c4ccc(CO)o4)C3C2=O)cc1. The van der Waals surface area contributed by atoms with E-state index in [4.69, 9.17) is 4.42 Å². The molecule has 4 aliphatic rings. The van der Waals surface area contributed by atoms with Gasteiger partial charge in [0.15, 0.2) is 0 Å². The van der Waals surface area contributed by atoms with Crippen molar-refractivity contribution in [2.45, 2.75) is 37.7 Å². The second-order valence-corrected chi connectivity index (χ2v) is 13.4. The first kappa shape index (κ1) is 30.8. The summed E-state index contributed by atoms with van der Waals surface area (Å²) in [6.07, 6.45) is 4.17. The number of furan rings is 1. The first-order valence-electron chi connectivity index (χ1n) is 16.5. The lowest BCUT2D eigenvalue weighted by atomic mass is 9.50. The first-order valence-corrected chi connectivity index (χ1v) is 16.5. The van der Waals surface area contributed by atoms with Gasteiger partial charge in [0.2, 0.25) is 11.8 Å². The molecule has 3 aromatic carbocycles. The molecular formula is C40H35N3O6. The molecule has 6 atom stereocenters. The Labute approximate surface area is 283 Å². The van der Waals surface area contributed by atoms with Gasteiger partial charge in [0, 0.05) is 0 Å². The topological polar surface area (TPSA) is 120 Å². The molecule has 1 saturated carbocycles. The molecule has 246 valence electrons. The molecule has 9 heteroatoms. The van der Waals surface area contributed by atoms with Crippen LogP contribution < -0.4 is 10.3 Å². The maximum absolute atomic E-state index is 15.1. The number of hydrazine groups is 1. The van der Waals surface area contributed by atoms with E-state index in [1.165, 1.54) is 4.90 Å². The van der Waals surface area contributed by atoms with Crippen LogP contribution in [0.5, 0.6) is 0 Å². The second kappa shape index (κ2) is 11.6. The summed E-state index contributed by atoms with van der Waals surface area (Å²) in [6, 6.07) is 27.2. The summed E-state index contributed by atoms with van der Waals surface area (Å²) < 4.78 is 6.23. The van der Waals surface area contributed by atoms with Crippen molar-refractivity contribution < 1.29 is 28.7 Å². The normalized spacial score (nSPS) is 27.5. The molecule has 0 radical (unpaired) electrons. The molecule has 2 N–H and O–H groups in total. The zero-order valence-corrected chi connectivity index (χ0v) is 26.9. The standard InChI is InChI=1S/C40H35N3O6/c1-3-24-11-15-27(16-12-24)42-36(45)30-19-18-29-31(34(30)38(42)47)21-32-37(46)43(41-26-13-9-23(2)10-14-26)39(48)40(32,25-7-5-4-6-8-25)35(29)33-20-17-28(22-44)49-33/h3-18,20,30-32,34-35,41,44H,1,19,21-22H2,2H3. The Bertz CT molecular complexity index is 2030. The van der Waals surface area contributed by atoms with Crippen molar-refractivity contribution in [1.82, 2.24) is 5.01 Å². The third kappa shape index (κ3) is 4.49. The van der Waals surface area contributed by atoms with Crippen LogP contribution in [0.3, 0.4) is 0 Å². The summed E-state index contributed by atoms with van der Waals surface area (Å²) in [7, 11) is 0. The molecule has 9 nitrogen and oxygen atoms in total. The van der Waals surface area contributed by atoms with Crippen molar-refractivity contribution in [2.75, 3.05) is 10.3 Å². The van der Waals surface area contributed by atoms with E-state index < -0.39 is 46.8 Å². The van der Waals surface area contributed by atoms with E-state index in [1.54, 1.807) is 30.3 Å². The minimum atomic E-state index is -1.43. The molecule has 6 unspecified atom stereocenters. The fraction of sp³-hybridized carbons (Fsp3) is 0.250. The molecule has 8 rings (SSSR count). The van der Waals surface area contributed by atoms with Crippen molar-refractivity contribution in [3.63, 3.8) is 0 Å². The molecule has 4 aromatic rings. The lowest BCUT2D eigenvalue weighted by molar-refractivity contribution is -0.138. The predicted octanol–water partition coefficient (Wildman–Crippen LogP) is 5.91. The highest BCUT2D eigenvalue weighted by Crippen LogP contribution is 2.64. The number of aliphatic hydroxyl groups excluding tert-OH is 1. The van der Waals surface area contributed by atoms with Crippen LogP contribution in [-0.4, -0.2) is 33.7 Å². The summed E-state index contributed by atoms with van der Waals surface area (Å²) in [5, 5.41) is 11.1. The lowest BCUT2D eigenvalue weighted by Crippen LogP contribution is -2.53. The summed E-state index contributed by atoms with van der Waals surface area (Å²) in [5.74, 6) is -4.22. The number of aryl methyl sites for hydroxylation is 1. The number of nitrogens with one attached hydrogen (secondary N) is 1. The number of aliphatic hydroxyl groups is 1. The minimum absolute atomic E-state index is 0.185. The largest absolute Gasteiger partial charge is 0.463 e. The van der Waals surface area contributed by atoms with E-state index >= 15 is 4.79 Å². The summed E-state index contributed by atoms with van der Waals surface area (Å²) in [4.78, 5) is 59.4. The summed E-state index contributed by atoms with van der Waals surface area (Å²) in [6.45, 7) is 5.41. The van der Waals surface area contributed by atoms with Gasteiger partial charge >= 0.3 is 0 Å². The maximum Gasteiger partial charge on any atom is 0.260 e. The fourth-order valence-electron chi connectivity index (χ4n) is 8.70. The van der Waals surface area contributed by atoms with E-state index in [-0.39, 0.29) is 24.8 Å². The maximum atomic E-state index is 15.1. The Morgan fingerprint density at radius 3 is 2.31 bits per heavy atom. The number of hydrogen-bond acceptors (Lipinski definition) is 7. The minimum Gasteiger partial charge on any atom is -0.463 e. The number of allylic oxidation sites excluding steroid dienone is 2. The molecule has 2 saturated heterocycles. The Morgan fingerprint density at radius 2 is 1.63 bits per heavy atom. The van der Waals surface area contributed by atoms with E-state index in [2.05, 4.69) is 12.0 Å². The number of anilines is 2. The van der Waals surface area contributed by atoms with Crippen LogP contribution in [0.15, 0.2) is 114 Å². The molecule has 4 amide bonds. The number of imide groups is 2. The van der Waals surface area contributed by atoms with Gasteiger partial charge < -0.3 is 9.52 Å². The van der Waals surface area contributed by atoms with Gasteiger partial charge in [-0.15, -0.1) is 0 Å². The molecular weight excluding hydrogens is 618 g/mol. The van der Waals surface area contributed by atoms with Crippen LogP contribution in [0.1, 0.15) is 47.0 Å². The molecule has 3 heterocycles. The molecule has 1 aromatic heterocycles. The Hall–Kier alpha value is -5.54. The molecule has 2 aliphatic carbocycles. The van der Waals surface area contributed by atoms with Gasteiger partial charge in [0.1, 0.15) is 23.5 Å². The average molecular weight is 654 g/mol. The zero-order chi connectivity index (χ0) is 34.0. The Morgan fingerprint density at radius 1 is 0.898 bits per heavy atom. The third-order valence-corrected chi connectivity index (χ3v) is 10.9. The smallest absolute Gasteiger partial charge is 0.260 e. The number of fused-ring (bicyclic) bond motifs is 4. The molecule has 0 bridgehead atoms. The number of nitrogens with zero attached hydrogens (tertiary/aromatic N) is 2. The van der Waals surface area contributed by atoms with Crippen molar-refractivity contribution >= 4 is 41.1 Å². The van der Waals surface area contributed by atoms with Gasteiger partial charge in [0.25, 0.3) is 11.8 Å². The highest BCUT2D eigenvalue weighted by Gasteiger charge is 2.71. The van der Waals surface area contributed by atoms with Crippen molar-refractivity contribution in [3.8, 4) is 0 Å². The van der Waals surface area contributed by atoms with E-state index in [9.17, 15) is 19.5 Å². The van der Waals surface area contributed by atoms with Gasteiger partial charge in [-0.3, -0.25) is 29.5 Å². The van der Waals surface area contributed by atoms with Crippen LogP contribution in [0, 0.1) is 30.6 Å². The Balaban J connectivity index is 1.29. The molecule has 3 fully saturated rings. The predicted molar refractivity (Wildman–Crippen MR) is 182 cm³/mol. The number of amides is 4. The average Bonchev–Trinajstić information content (AvgIpc) is 3.77. The number of rotatable bonds is 7. The van der Waals surface area contributed by atoms with Gasteiger partial charge in [-0.2, -0.15) is 5.01 Å². The van der Waals surface area contributed by atoms with Gasteiger partial charge in [-0.05, 0) is 73.2 Å². The van der Waals surface area contributed by atoms with Crippen LogP contribution in [0.4, 0.5) is 11.4 Å². The fourth-order valence-corrected chi connectivity index (χ4v) is 8.70. The van der Waals surface area contributed by atoms with Gasteiger partial charge in [-0.25, -0.2) is 0 Å². The highest BCUT2D eigenvalue weighted by molar-refractivity contribution is 6.22. The molecule has 0 spiro atoms. The van der Waals surface area contributed by atoms with E-state index in [0.717, 1.165) is 21.7 Å². The molecule has 49 heavy (non-hydrogen) atoms. The monoisotopic (exact) mass is 653 g/mol. The third-order valence-electron chi connectivity index (χ3n) is 10.9. The Kier molecular flexibility index (Phi) is 7.26. The summed E-state index contributed by atoms with van der Waals surface area (Å²) in [5.41, 5.74) is 6.08. The van der Waals surface area contributed by atoms with Gasteiger partial charge in [-0.1, -0.05) is 84.5 Å². The van der Waals surface area contributed by atoms with Crippen LogP contribution >= 0.6 is 0 Å². The first-order chi connectivity index (χ1) is 23.8. The number of carbonyl (C=O) groups is 4. The quantitative estimate of drug-likeness (QED) is 0.188. The van der Waals surface area contributed by atoms with Crippen LogP contribution in [-0.2, 0) is 31.2 Å². The van der Waals surface area contributed by atoms with Crippen LogP contribution in [0.2, 0.25) is 0 Å². The van der Waals surface area contributed by atoms with E-state index in [1.807, 2.05) is 79.7 Å². The van der Waals surface area contributed by atoms with E-state index in [0.29, 0.717) is 34.9 Å². The number of carbonyl (C=O) groups excluding carboxylic acids is 4. The highest BCUT2D eigenvalue weighted by atomic mass is 16.4. The zero-order valence-electron chi connectivity index (χ0n) is 26.9. The van der Waals surface area contributed by atoms with Crippen LogP contribution in [0.25, 0.3) is 6.08 Å².